The monoisotopic (exact) mass is 513 g/mol. The molecule has 1 heterocycles. The zero-order valence-electron chi connectivity index (χ0n) is 15.5. The number of aliphatic imine (C=N–C) groups is 1. The van der Waals surface area contributed by atoms with Gasteiger partial charge in [-0.15, -0.1) is 37.1 Å². The molecule has 2 N–H and O–H groups in total. The molecule has 0 unspecified atom stereocenters. The Bertz CT molecular complexity index is 752. The van der Waals surface area contributed by atoms with Gasteiger partial charge in [0.1, 0.15) is 5.75 Å². The lowest BCUT2D eigenvalue weighted by molar-refractivity contribution is -0.274. The van der Waals surface area contributed by atoms with Gasteiger partial charge in [0, 0.05) is 25.1 Å². The number of ether oxygens (including phenoxy) is 1. The molecule has 7 nitrogen and oxygen atoms in total. The van der Waals surface area contributed by atoms with Crippen molar-refractivity contribution in [2.45, 2.75) is 39.6 Å². The summed E-state index contributed by atoms with van der Waals surface area (Å²) >= 11 is 0. The van der Waals surface area contributed by atoms with Gasteiger partial charge in [-0.05, 0) is 26.3 Å². The molecular weight excluding hydrogens is 490 g/mol. The van der Waals surface area contributed by atoms with E-state index in [1.165, 1.54) is 12.1 Å². The predicted molar refractivity (Wildman–Crippen MR) is 109 cm³/mol. The van der Waals surface area contributed by atoms with Crippen LogP contribution in [0.3, 0.4) is 0 Å². The standard InChI is InChI=1S/C17H22F3N5O2.HI/c1-3-21-16(22-10-6-9-15-24-12(2)25-27-15)23-11-13-7-4-5-8-14(13)26-17(18,19)20;/h4-5,7-8H,3,6,9-11H2,1-2H3,(H2,21,22,23);1H. The van der Waals surface area contributed by atoms with Crippen LogP contribution in [-0.4, -0.2) is 35.6 Å². The third kappa shape index (κ3) is 8.76. The third-order valence-electron chi connectivity index (χ3n) is 3.38. The van der Waals surface area contributed by atoms with Crippen molar-refractivity contribution in [3.63, 3.8) is 0 Å². The van der Waals surface area contributed by atoms with E-state index in [-0.39, 0.29) is 36.3 Å². The molecular formula is C17H23F3IN5O2. The van der Waals surface area contributed by atoms with E-state index in [4.69, 9.17) is 4.52 Å². The van der Waals surface area contributed by atoms with E-state index in [0.717, 1.165) is 6.42 Å². The van der Waals surface area contributed by atoms with Crippen LogP contribution in [0, 0.1) is 6.92 Å². The second-order valence-corrected chi connectivity index (χ2v) is 5.62. The number of aryl methyl sites for hydroxylation is 2. The lowest BCUT2D eigenvalue weighted by atomic mass is 10.2. The molecule has 1 aromatic heterocycles. The molecule has 0 fully saturated rings. The van der Waals surface area contributed by atoms with E-state index < -0.39 is 6.36 Å². The quantitative estimate of drug-likeness (QED) is 0.243. The van der Waals surface area contributed by atoms with Crippen molar-refractivity contribution in [3.8, 4) is 5.75 Å². The largest absolute Gasteiger partial charge is 0.573 e. The van der Waals surface area contributed by atoms with Gasteiger partial charge in [-0.3, -0.25) is 0 Å². The Morgan fingerprint density at radius 1 is 1.25 bits per heavy atom. The second-order valence-electron chi connectivity index (χ2n) is 5.62. The minimum absolute atomic E-state index is 0. The zero-order chi connectivity index (χ0) is 19.7. The minimum atomic E-state index is -4.74. The van der Waals surface area contributed by atoms with Crippen LogP contribution in [-0.2, 0) is 13.0 Å². The van der Waals surface area contributed by atoms with Crippen molar-refractivity contribution in [3.05, 3.63) is 41.5 Å². The Morgan fingerprint density at radius 2 is 2.00 bits per heavy atom. The second kappa shape index (κ2) is 11.7. The van der Waals surface area contributed by atoms with E-state index >= 15 is 0 Å². The molecule has 11 heteroatoms. The number of nitrogens with zero attached hydrogens (tertiary/aromatic N) is 3. The molecule has 0 aliphatic rings. The molecule has 156 valence electrons. The molecule has 28 heavy (non-hydrogen) atoms. The Hall–Kier alpha value is -2.05. The van der Waals surface area contributed by atoms with Gasteiger partial charge >= 0.3 is 6.36 Å². The predicted octanol–water partition coefficient (Wildman–Crippen LogP) is 3.58. The first-order valence-electron chi connectivity index (χ1n) is 8.52. The number of hydrogen-bond acceptors (Lipinski definition) is 5. The van der Waals surface area contributed by atoms with E-state index in [1.54, 1.807) is 19.1 Å². The maximum absolute atomic E-state index is 12.5. The summed E-state index contributed by atoms with van der Waals surface area (Å²) in [6.45, 7) is 4.91. The van der Waals surface area contributed by atoms with Gasteiger partial charge in [-0.2, -0.15) is 4.98 Å². The van der Waals surface area contributed by atoms with E-state index in [0.29, 0.717) is 42.7 Å². The van der Waals surface area contributed by atoms with Crippen molar-refractivity contribution >= 4 is 29.9 Å². The molecule has 0 amide bonds. The van der Waals surface area contributed by atoms with Crippen molar-refractivity contribution < 1.29 is 22.4 Å². The highest BCUT2D eigenvalue weighted by Crippen LogP contribution is 2.26. The van der Waals surface area contributed by atoms with E-state index in [9.17, 15) is 13.2 Å². The summed E-state index contributed by atoms with van der Waals surface area (Å²) < 4.78 is 46.5. The summed E-state index contributed by atoms with van der Waals surface area (Å²) in [4.78, 5) is 8.44. The average molecular weight is 513 g/mol. The van der Waals surface area contributed by atoms with Crippen molar-refractivity contribution in [1.29, 1.82) is 0 Å². The van der Waals surface area contributed by atoms with Crippen LogP contribution in [0.4, 0.5) is 13.2 Å². The Kier molecular flexibility index (Phi) is 10.0. The fourth-order valence-electron chi connectivity index (χ4n) is 2.25. The van der Waals surface area contributed by atoms with Crippen LogP contribution in [0.15, 0.2) is 33.8 Å². The van der Waals surface area contributed by atoms with Crippen LogP contribution in [0.2, 0.25) is 0 Å². The van der Waals surface area contributed by atoms with Crippen molar-refractivity contribution in [1.82, 2.24) is 20.8 Å². The van der Waals surface area contributed by atoms with Gasteiger partial charge in [-0.25, -0.2) is 4.99 Å². The van der Waals surface area contributed by atoms with Gasteiger partial charge < -0.3 is 19.9 Å². The Balaban J connectivity index is 0.00000392. The van der Waals surface area contributed by atoms with Gasteiger partial charge in [-0.1, -0.05) is 23.4 Å². The molecule has 0 spiro atoms. The van der Waals surface area contributed by atoms with Crippen molar-refractivity contribution in [2.24, 2.45) is 4.99 Å². The van der Waals surface area contributed by atoms with Crippen molar-refractivity contribution in [2.75, 3.05) is 13.1 Å². The molecule has 0 saturated carbocycles. The van der Waals surface area contributed by atoms with Gasteiger partial charge in [0.2, 0.25) is 5.89 Å². The number of guanidine groups is 1. The number of rotatable bonds is 8. The summed E-state index contributed by atoms with van der Waals surface area (Å²) in [5.74, 6) is 1.40. The molecule has 2 aromatic rings. The summed E-state index contributed by atoms with van der Waals surface area (Å²) in [6.07, 6.45) is -3.38. The summed E-state index contributed by atoms with van der Waals surface area (Å²) in [5, 5.41) is 9.89. The highest BCUT2D eigenvalue weighted by atomic mass is 127. The zero-order valence-corrected chi connectivity index (χ0v) is 17.9. The first-order valence-corrected chi connectivity index (χ1v) is 8.52. The number of alkyl halides is 3. The SMILES string of the molecule is CCNC(=NCc1ccccc1OC(F)(F)F)NCCCc1nc(C)no1.I. The van der Waals surface area contributed by atoms with Crippen LogP contribution in [0.5, 0.6) is 5.75 Å². The van der Waals surface area contributed by atoms with Gasteiger partial charge in [0.25, 0.3) is 0 Å². The molecule has 0 aliphatic heterocycles. The maximum atomic E-state index is 12.5. The smallest absolute Gasteiger partial charge is 0.405 e. The number of nitrogens with one attached hydrogen (secondary N) is 2. The first kappa shape index (κ1) is 24.0. The highest BCUT2D eigenvalue weighted by Gasteiger charge is 2.31. The molecule has 1 aromatic carbocycles. The van der Waals surface area contributed by atoms with E-state index in [2.05, 4.69) is 30.5 Å². The number of benzene rings is 1. The molecule has 0 aliphatic carbocycles. The normalized spacial score (nSPS) is 11.7. The Morgan fingerprint density at radius 3 is 2.64 bits per heavy atom. The molecule has 0 saturated heterocycles. The number of halogens is 4. The van der Waals surface area contributed by atoms with Crippen LogP contribution >= 0.6 is 24.0 Å². The molecule has 0 radical (unpaired) electrons. The maximum Gasteiger partial charge on any atom is 0.573 e. The topological polar surface area (TPSA) is 84.6 Å². The first-order chi connectivity index (χ1) is 12.9. The Labute approximate surface area is 178 Å². The third-order valence-corrected chi connectivity index (χ3v) is 3.38. The summed E-state index contributed by atoms with van der Waals surface area (Å²) in [5.41, 5.74) is 0.341. The summed E-state index contributed by atoms with van der Waals surface area (Å²) in [7, 11) is 0. The minimum Gasteiger partial charge on any atom is -0.405 e. The molecule has 0 atom stereocenters. The lowest BCUT2D eigenvalue weighted by Crippen LogP contribution is -2.37. The highest BCUT2D eigenvalue weighted by molar-refractivity contribution is 14.0. The molecule has 2 rings (SSSR count). The number of para-hydroxylation sites is 1. The van der Waals surface area contributed by atoms with Crippen LogP contribution in [0.25, 0.3) is 0 Å². The van der Waals surface area contributed by atoms with Gasteiger partial charge in [0.15, 0.2) is 11.8 Å². The van der Waals surface area contributed by atoms with Crippen LogP contribution < -0.4 is 15.4 Å². The number of hydrogen-bond donors (Lipinski definition) is 2. The van der Waals surface area contributed by atoms with Gasteiger partial charge in [0.05, 0.1) is 6.54 Å². The summed E-state index contributed by atoms with van der Waals surface area (Å²) in [6, 6.07) is 5.94. The fourth-order valence-corrected chi connectivity index (χ4v) is 2.25. The molecule has 0 bridgehead atoms. The van der Waals surface area contributed by atoms with Crippen LogP contribution in [0.1, 0.15) is 30.6 Å². The lowest BCUT2D eigenvalue weighted by Gasteiger charge is -2.13. The fraction of sp³-hybridized carbons (Fsp3) is 0.471. The number of aromatic nitrogens is 2. The average Bonchev–Trinajstić information content (AvgIpc) is 3.01. The van der Waals surface area contributed by atoms with E-state index in [1.807, 2.05) is 6.92 Å².